The van der Waals surface area contributed by atoms with Crippen molar-refractivity contribution in [3.05, 3.63) is 33.8 Å². The monoisotopic (exact) mass is 317 g/mol. The molecule has 0 amide bonds. The molecule has 1 saturated heterocycles. The summed E-state index contributed by atoms with van der Waals surface area (Å²) in [7, 11) is -2.92. The van der Waals surface area contributed by atoms with Crippen molar-refractivity contribution in [3.8, 4) is 0 Å². The highest BCUT2D eigenvalue weighted by atomic mass is 79.9. The van der Waals surface area contributed by atoms with Crippen LogP contribution in [-0.4, -0.2) is 32.5 Å². The second kappa shape index (κ2) is 5.08. The molecule has 0 bridgehead atoms. The van der Waals surface area contributed by atoms with Gasteiger partial charge in [-0.05, 0) is 30.5 Å². The predicted octanol–water partition coefficient (Wildman–Crippen LogP) is 1.69. The van der Waals surface area contributed by atoms with Gasteiger partial charge in [0, 0.05) is 17.6 Å². The first kappa shape index (κ1) is 13.1. The predicted molar refractivity (Wildman–Crippen MR) is 73.0 cm³/mol. The smallest absolute Gasteiger partial charge is 0.155 e. The van der Waals surface area contributed by atoms with E-state index in [9.17, 15) is 8.42 Å². The third-order valence-electron chi connectivity index (χ3n) is 3.13. The van der Waals surface area contributed by atoms with Gasteiger partial charge in [0.1, 0.15) is 0 Å². The average molecular weight is 318 g/mol. The fourth-order valence-electron chi connectivity index (χ4n) is 2.07. The Kier molecular flexibility index (Phi) is 3.90. The third kappa shape index (κ3) is 3.09. The van der Waals surface area contributed by atoms with Crippen LogP contribution in [0.1, 0.15) is 11.1 Å². The van der Waals surface area contributed by atoms with Crippen LogP contribution in [0.5, 0.6) is 0 Å². The second-order valence-electron chi connectivity index (χ2n) is 4.48. The lowest BCUT2D eigenvalue weighted by atomic mass is 10.1. The van der Waals surface area contributed by atoms with Crippen molar-refractivity contribution in [1.82, 2.24) is 5.32 Å². The van der Waals surface area contributed by atoms with E-state index < -0.39 is 9.84 Å². The van der Waals surface area contributed by atoms with E-state index in [2.05, 4.69) is 21.2 Å². The van der Waals surface area contributed by atoms with Crippen LogP contribution in [0, 0.1) is 6.92 Å². The maximum atomic E-state index is 11.9. The van der Waals surface area contributed by atoms with Gasteiger partial charge in [0.2, 0.25) is 0 Å². The molecule has 1 aromatic carbocycles. The summed E-state index contributed by atoms with van der Waals surface area (Å²) >= 11 is 3.45. The first-order valence-corrected chi connectivity index (χ1v) is 8.17. The first-order chi connectivity index (χ1) is 7.99. The molecule has 0 aliphatic carbocycles. The zero-order valence-corrected chi connectivity index (χ0v) is 12.1. The lowest BCUT2D eigenvalue weighted by molar-refractivity contribution is 0.544. The van der Waals surface area contributed by atoms with Crippen LogP contribution in [0.2, 0.25) is 0 Å². The molecule has 1 N–H and O–H groups in total. The maximum Gasteiger partial charge on any atom is 0.155 e. The number of hydrogen-bond donors (Lipinski definition) is 1. The van der Waals surface area contributed by atoms with Crippen molar-refractivity contribution in [2.45, 2.75) is 18.6 Å². The van der Waals surface area contributed by atoms with Crippen LogP contribution in [0.25, 0.3) is 0 Å². The summed E-state index contributed by atoms with van der Waals surface area (Å²) in [5.74, 6) is 0.257. The second-order valence-corrected chi connectivity index (χ2v) is 7.74. The van der Waals surface area contributed by atoms with E-state index in [-0.39, 0.29) is 11.0 Å². The van der Waals surface area contributed by atoms with Crippen LogP contribution in [0.4, 0.5) is 0 Å². The quantitative estimate of drug-likeness (QED) is 0.903. The van der Waals surface area contributed by atoms with Gasteiger partial charge in [-0.15, -0.1) is 0 Å². The van der Waals surface area contributed by atoms with Crippen LogP contribution < -0.4 is 5.32 Å². The Hall–Kier alpha value is -0.390. The van der Waals surface area contributed by atoms with Crippen molar-refractivity contribution in [2.24, 2.45) is 0 Å². The van der Waals surface area contributed by atoms with Crippen molar-refractivity contribution >= 4 is 25.8 Å². The molecule has 1 heterocycles. The number of rotatable bonds is 2. The van der Waals surface area contributed by atoms with E-state index in [0.29, 0.717) is 19.5 Å². The van der Waals surface area contributed by atoms with Crippen molar-refractivity contribution < 1.29 is 8.42 Å². The molecular weight excluding hydrogens is 302 g/mol. The van der Waals surface area contributed by atoms with Gasteiger partial charge in [-0.3, -0.25) is 0 Å². The summed E-state index contributed by atoms with van der Waals surface area (Å²) in [6.45, 7) is 3.16. The number of sulfone groups is 1. The van der Waals surface area contributed by atoms with Gasteiger partial charge in [-0.2, -0.15) is 0 Å². The Morgan fingerprint density at radius 2 is 2.24 bits per heavy atom. The van der Waals surface area contributed by atoms with Gasteiger partial charge in [0.05, 0.1) is 11.0 Å². The fourth-order valence-corrected chi connectivity index (χ4v) is 3.89. The number of halogens is 1. The summed E-state index contributed by atoms with van der Waals surface area (Å²) < 4.78 is 24.8. The van der Waals surface area contributed by atoms with E-state index in [1.165, 1.54) is 0 Å². The topological polar surface area (TPSA) is 46.2 Å². The zero-order chi connectivity index (χ0) is 12.5. The molecule has 0 saturated carbocycles. The molecule has 17 heavy (non-hydrogen) atoms. The highest BCUT2D eigenvalue weighted by Gasteiger charge is 2.28. The minimum atomic E-state index is -2.92. The van der Waals surface area contributed by atoms with Gasteiger partial charge in [-0.1, -0.05) is 28.1 Å². The molecule has 5 heteroatoms. The van der Waals surface area contributed by atoms with Gasteiger partial charge >= 0.3 is 0 Å². The Bertz CT molecular complexity index is 513. The van der Waals surface area contributed by atoms with Gasteiger partial charge in [0.15, 0.2) is 9.84 Å². The van der Waals surface area contributed by atoms with Gasteiger partial charge < -0.3 is 5.32 Å². The Morgan fingerprint density at radius 3 is 2.88 bits per heavy atom. The summed E-state index contributed by atoms with van der Waals surface area (Å²) in [5, 5.41) is 2.87. The molecule has 1 aliphatic heterocycles. The maximum absolute atomic E-state index is 11.9. The normalized spacial score (nSPS) is 23.5. The molecule has 1 aliphatic rings. The molecule has 1 atom stereocenters. The summed E-state index contributed by atoms with van der Waals surface area (Å²) in [6, 6.07) is 6.02. The van der Waals surface area contributed by atoms with Gasteiger partial charge in [0.25, 0.3) is 0 Å². The molecule has 0 aromatic heterocycles. The molecule has 2 rings (SSSR count). The molecule has 0 spiro atoms. The number of benzene rings is 1. The van der Waals surface area contributed by atoms with E-state index in [4.69, 9.17) is 0 Å². The fraction of sp³-hybridized carbons (Fsp3) is 0.500. The Labute approximate surface area is 111 Å². The number of aryl methyl sites for hydroxylation is 1. The number of nitrogens with one attached hydrogen (secondary N) is 1. The van der Waals surface area contributed by atoms with E-state index >= 15 is 0 Å². The zero-order valence-electron chi connectivity index (χ0n) is 9.74. The molecule has 1 aromatic rings. The standard InChI is InChI=1S/C12H16BrNO2S/c1-9-6-10(2-3-12(9)13)7-11-8-14-4-5-17(11,15)16/h2-3,6,11,14H,4-5,7-8H2,1H3. The minimum Gasteiger partial charge on any atom is -0.314 e. The third-order valence-corrected chi connectivity index (χ3v) is 6.14. The van der Waals surface area contributed by atoms with Crippen molar-refractivity contribution in [3.63, 3.8) is 0 Å². The largest absolute Gasteiger partial charge is 0.314 e. The molecule has 94 valence electrons. The molecular formula is C12H16BrNO2S. The van der Waals surface area contributed by atoms with Gasteiger partial charge in [-0.25, -0.2) is 8.42 Å². The van der Waals surface area contributed by atoms with Crippen molar-refractivity contribution in [2.75, 3.05) is 18.8 Å². The van der Waals surface area contributed by atoms with E-state index in [1.54, 1.807) is 0 Å². The van der Waals surface area contributed by atoms with Crippen molar-refractivity contribution in [1.29, 1.82) is 0 Å². The van der Waals surface area contributed by atoms with Crippen LogP contribution >= 0.6 is 15.9 Å². The SMILES string of the molecule is Cc1cc(CC2CNCCS2(=O)=O)ccc1Br. The van der Waals surface area contributed by atoms with Crippen LogP contribution in [0.3, 0.4) is 0 Å². The summed E-state index contributed by atoms with van der Waals surface area (Å²) in [6.07, 6.45) is 0.601. The first-order valence-electron chi connectivity index (χ1n) is 5.66. The summed E-state index contributed by atoms with van der Waals surface area (Å²) in [5.41, 5.74) is 2.23. The molecule has 0 radical (unpaired) electrons. The molecule has 3 nitrogen and oxygen atoms in total. The highest BCUT2D eigenvalue weighted by molar-refractivity contribution is 9.10. The average Bonchev–Trinajstić information content (AvgIpc) is 2.26. The van der Waals surface area contributed by atoms with E-state index in [0.717, 1.165) is 15.6 Å². The van der Waals surface area contributed by atoms with Crippen LogP contribution in [-0.2, 0) is 16.3 Å². The highest BCUT2D eigenvalue weighted by Crippen LogP contribution is 2.20. The molecule has 1 fully saturated rings. The lowest BCUT2D eigenvalue weighted by Crippen LogP contribution is -2.44. The molecule has 1 unspecified atom stereocenters. The van der Waals surface area contributed by atoms with E-state index in [1.807, 2.05) is 25.1 Å². The summed E-state index contributed by atoms with van der Waals surface area (Å²) in [4.78, 5) is 0. The number of hydrogen-bond acceptors (Lipinski definition) is 3. The Balaban J connectivity index is 2.17. The minimum absolute atomic E-state index is 0.257. The Morgan fingerprint density at radius 1 is 1.47 bits per heavy atom. The van der Waals surface area contributed by atoms with Crippen LogP contribution in [0.15, 0.2) is 22.7 Å². The lowest BCUT2D eigenvalue weighted by Gasteiger charge is -2.23.